The summed E-state index contributed by atoms with van der Waals surface area (Å²) in [5, 5.41) is 6.71. The molecule has 0 bridgehead atoms. The number of hydrogen-bond acceptors (Lipinski definition) is 4. The Balaban J connectivity index is 1.39. The van der Waals surface area contributed by atoms with Gasteiger partial charge in [0.15, 0.2) is 5.96 Å². The normalized spacial score (nSPS) is 19.3. The first-order valence-electron chi connectivity index (χ1n) is 11.6. The number of aromatic nitrogens is 1. The Kier molecular flexibility index (Phi) is 7.39. The molecule has 3 heterocycles. The summed E-state index contributed by atoms with van der Waals surface area (Å²) in [5.41, 5.74) is 1.17. The zero-order chi connectivity index (χ0) is 22.3. The van der Waals surface area contributed by atoms with E-state index in [0.29, 0.717) is 25.6 Å². The minimum Gasteiger partial charge on any atom is -0.365 e. The molecule has 4 rings (SSSR count). The third-order valence-corrected chi connectivity index (χ3v) is 6.04. The van der Waals surface area contributed by atoms with Crippen LogP contribution < -0.4 is 20.4 Å². The number of nitrogens with one attached hydrogen (secondary N) is 2. The average Bonchev–Trinajstić information content (AvgIpc) is 3.26. The number of nitrogens with zero attached hydrogens (tertiary/aromatic N) is 4. The van der Waals surface area contributed by atoms with Crippen molar-refractivity contribution in [2.75, 3.05) is 42.5 Å². The van der Waals surface area contributed by atoms with Gasteiger partial charge in [-0.15, -0.1) is 0 Å². The van der Waals surface area contributed by atoms with Crippen LogP contribution in [0.3, 0.4) is 0 Å². The smallest absolute Gasteiger partial charge is 0.191 e. The maximum absolute atomic E-state index is 14.1. The van der Waals surface area contributed by atoms with Gasteiger partial charge < -0.3 is 20.4 Å². The summed E-state index contributed by atoms with van der Waals surface area (Å²) in [6.07, 6.45) is 6.36. The standard InChI is InChI=1S/C24H32F2N6/c1-2-27-24(29-16-18-9-11-28-22(15-18)31-12-4-3-5-13-31)30-19-10-14-32(17-19)23-20(25)7-6-8-21(23)26/h6-9,11,15,19H,2-5,10,12-14,16-17H2,1H3,(H2,27,29,30). The van der Waals surface area contributed by atoms with Crippen LogP contribution in [0.25, 0.3) is 0 Å². The van der Waals surface area contributed by atoms with Gasteiger partial charge in [0.2, 0.25) is 0 Å². The highest BCUT2D eigenvalue weighted by Crippen LogP contribution is 2.26. The molecule has 0 radical (unpaired) electrons. The number of anilines is 2. The lowest BCUT2D eigenvalue weighted by Gasteiger charge is -2.27. The van der Waals surface area contributed by atoms with E-state index in [0.717, 1.165) is 37.4 Å². The van der Waals surface area contributed by atoms with Crippen molar-refractivity contribution < 1.29 is 8.78 Å². The van der Waals surface area contributed by atoms with Crippen molar-refractivity contribution >= 4 is 17.5 Å². The van der Waals surface area contributed by atoms with E-state index < -0.39 is 11.6 Å². The minimum atomic E-state index is -0.520. The molecule has 2 aromatic rings. The van der Waals surface area contributed by atoms with Crippen molar-refractivity contribution in [3.63, 3.8) is 0 Å². The van der Waals surface area contributed by atoms with Crippen LogP contribution in [0, 0.1) is 11.6 Å². The predicted molar refractivity (Wildman–Crippen MR) is 125 cm³/mol. The Morgan fingerprint density at radius 3 is 2.62 bits per heavy atom. The lowest BCUT2D eigenvalue weighted by Crippen LogP contribution is -2.44. The molecule has 2 saturated heterocycles. The molecule has 8 heteroatoms. The molecule has 0 amide bonds. The SMILES string of the molecule is CCNC(=NCc1ccnc(N2CCCCC2)c1)NC1CCN(c2c(F)cccc2F)C1. The van der Waals surface area contributed by atoms with E-state index in [1.807, 2.05) is 19.2 Å². The maximum Gasteiger partial charge on any atom is 0.191 e. The Morgan fingerprint density at radius 1 is 1.09 bits per heavy atom. The summed E-state index contributed by atoms with van der Waals surface area (Å²) in [6, 6.07) is 8.18. The number of rotatable bonds is 6. The first-order valence-corrected chi connectivity index (χ1v) is 11.6. The second-order valence-corrected chi connectivity index (χ2v) is 8.41. The number of aliphatic imine (C=N–C) groups is 1. The van der Waals surface area contributed by atoms with Gasteiger partial charge in [-0.2, -0.15) is 0 Å². The number of guanidine groups is 1. The van der Waals surface area contributed by atoms with E-state index in [9.17, 15) is 8.78 Å². The highest BCUT2D eigenvalue weighted by atomic mass is 19.1. The zero-order valence-electron chi connectivity index (χ0n) is 18.7. The highest BCUT2D eigenvalue weighted by Gasteiger charge is 2.27. The van der Waals surface area contributed by atoms with Gasteiger partial charge in [0.25, 0.3) is 0 Å². The molecule has 1 aromatic carbocycles. The number of para-hydroxylation sites is 1. The van der Waals surface area contributed by atoms with Crippen LogP contribution in [0.5, 0.6) is 0 Å². The van der Waals surface area contributed by atoms with Crippen molar-refractivity contribution in [3.8, 4) is 0 Å². The van der Waals surface area contributed by atoms with Crippen LogP contribution in [0.4, 0.5) is 20.3 Å². The second-order valence-electron chi connectivity index (χ2n) is 8.41. The van der Waals surface area contributed by atoms with Gasteiger partial charge in [-0.1, -0.05) is 6.07 Å². The van der Waals surface area contributed by atoms with Crippen LogP contribution >= 0.6 is 0 Å². The Labute approximate surface area is 188 Å². The average molecular weight is 443 g/mol. The third-order valence-electron chi connectivity index (χ3n) is 6.04. The summed E-state index contributed by atoms with van der Waals surface area (Å²) >= 11 is 0. The van der Waals surface area contributed by atoms with Gasteiger partial charge in [-0.25, -0.2) is 18.8 Å². The summed E-state index contributed by atoms with van der Waals surface area (Å²) < 4.78 is 28.3. The Bertz CT molecular complexity index is 908. The first kappa shape index (κ1) is 22.3. The number of halogens is 2. The summed E-state index contributed by atoms with van der Waals surface area (Å²) in [7, 11) is 0. The molecule has 2 fully saturated rings. The van der Waals surface area contributed by atoms with E-state index in [-0.39, 0.29) is 11.7 Å². The van der Waals surface area contributed by atoms with Crippen LogP contribution in [-0.2, 0) is 6.54 Å². The van der Waals surface area contributed by atoms with E-state index in [4.69, 9.17) is 4.99 Å². The lowest BCUT2D eigenvalue weighted by molar-refractivity contribution is 0.573. The van der Waals surface area contributed by atoms with Gasteiger partial charge >= 0.3 is 0 Å². The summed E-state index contributed by atoms with van der Waals surface area (Å²) in [6.45, 7) is 6.54. The molecule has 0 spiro atoms. The Morgan fingerprint density at radius 2 is 1.88 bits per heavy atom. The van der Waals surface area contributed by atoms with Crippen LogP contribution in [0.2, 0.25) is 0 Å². The largest absolute Gasteiger partial charge is 0.365 e. The second kappa shape index (κ2) is 10.6. The van der Waals surface area contributed by atoms with Crippen LogP contribution in [-0.4, -0.2) is 49.7 Å². The third kappa shape index (κ3) is 5.47. The molecule has 0 aliphatic carbocycles. The molecular weight excluding hydrogens is 410 g/mol. The van der Waals surface area contributed by atoms with Crippen molar-refractivity contribution in [2.45, 2.75) is 45.2 Å². The van der Waals surface area contributed by atoms with Crippen molar-refractivity contribution in [1.82, 2.24) is 15.6 Å². The molecular formula is C24H32F2N6. The topological polar surface area (TPSA) is 55.8 Å². The van der Waals surface area contributed by atoms with Crippen LogP contribution in [0.15, 0.2) is 41.5 Å². The molecule has 1 atom stereocenters. The van der Waals surface area contributed by atoms with Gasteiger partial charge in [0.05, 0.1) is 6.54 Å². The molecule has 6 nitrogen and oxygen atoms in total. The van der Waals surface area contributed by atoms with Crippen LogP contribution in [0.1, 0.15) is 38.2 Å². The molecule has 2 N–H and O–H groups in total. The fourth-order valence-corrected chi connectivity index (χ4v) is 4.41. The van der Waals surface area contributed by atoms with E-state index >= 15 is 0 Å². The van der Waals surface area contributed by atoms with Gasteiger partial charge in [0, 0.05) is 45.0 Å². The van der Waals surface area contributed by atoms with Crippen molar-refractivity contribution in [1.29, 1.82) is 0 Å². The quantitative estimate of drug-likeness (QED) is 0.528. The number of benzene rings is 1. The molecule has 32 heavy (non-hydrogen) atoms. The zero-order valence-corrected chi connectivity index (χ0v) is 18.7. The van der Waals surface area contributed by atoms with E-state index in [1.54, 1.807) is 4.90 Å². The lowest BCUT2D eigenvalue weighted by atomic mass is 10.1. The molecule has 172 valence electrons. The minimum absolute atomic E-state index is 0.0563. The Hall–Kier alpha value is -2.90. The first-order chi connectivity index (χ1) is 15.6. The predicted octanol–water partition coefficient (Wildman–Crippen LogP) is 3.68. The molecule has 2 aliphatic heterocycles. The monoisotopic (exact) mass is 442 g/mol. The van der Waals surface area contributed by atoms with Gasteiger partial charge in [-0.05, 0) is 62.4 Å². The van der Waals surface area contributed by atoms with E-state index in [1.165, 1.54) is 37.5 Å². The highest BCUT2D eigenvalue weighted by molar-refractivity contribution is 5.80. The number of piperidine rings is 1. The van der Waals surface area contributed by atoms with Crippen molar-refractivity contribution in [3.05, 3.63) is 53.7 Å². The fourth-order valence-electron chi connectivity index (χ4n) is 4.41. The molecule has 1 unspecified atom stereocenters. The maximum atomic E-state index is 14.1. The number of pyridine rings is 1. The van der Waals surface area contributed by atoms with E-state index in [2.05, 4.69) is 26.6 Å². The summed E-state index contributed by atoms with van der Waals surface area (Å²) in [5.74, 6) is 0.695. The van der Waals surface area contributed by atoms with Gasteiger partial charge in [-0.3, -0.25) is 0 Å². The molecule has 2 aliphatic rings. The van der Waals surface area contributed by atoms with Crippen molar-refractivity contribution in [2.24, 2.45) is 4.99 Å². The van der Waals surface area contributed by atoms with Gasteiger partial charge in [0.1, 0.15) is 23.1 Å². The summed E-state index contributed by atoms with van der Waals surface area (Å²) in [4.78, 5) is 13.4. The number of hydrogen-bond donors (Lipinski definition) is 2. The molecule has 1 aromatic heterocycles. The molecule has 0 saturated carbocycles. The fraction of sp³-hybridized carbons (Fsp3) is 0.500.